The van der Waals surface area contributed by atoms with Crippen molar-refractivity contribution >= 4 is 21.9 Å². The minimum Gasteiger partial charge on any atom is -0.455 e. The van der Waals surface area contributed by atoms with Crippen molar-refractivity contribution < 1.29 is 8.98 Å². The number of rotatable bonds is 2. The highest BCUT2D eigenvalue weighted by molar-refractivity contribution is 6.14. The van der Waals surface area contributed by atoms with Gasteiger partial charge in [-0.3, -0.25) is 0 Å². The van der Waals surface area contributed by atoms with Gasteiger partial charge in [-0.05, 0) is 65.1 Å². The average molecular weight is 459 g/mol. The van der Waals surface area contributed by atoms with Crippen molar-refractivity contribution in [3.8, 4) is 22.4 Å². The first-order chi connectivity index (χ1) is 17.0. The standard InChI is InChI=1S/C33H32NO/c1-20(2)22-15-18-34(4)27(19-22)29-21(3)11-12-25-30-28(35-32(25)29)14-13-24-23-9-5-6-10-26(23)33(31(24)30)16-7-8-17-33/h5-6,9-15,18-20H,7-8,16-17H2,1-4H3/q+1. The molecule has 5 aromatic rings. The third kappa shape index (κ3) is 2.74. The predicted molar refractivity (Wildman–Crippen MR) is 144 cm³/mol. The Labute approximate surface area is 207 Å². The van der Waals surface area contributed by atoms with Gasteiger partial charge in [-0.25, -0.2) is 4.57 Å². The van der Waals surface area contributed by atoms with Crippen LogP contribution in [0.1, 0.15) is 67.7 Å². The summed E-state index contributed by atoms with van der Waals surface area (Å²) in [7, 11) is 2.14. The van der Waals surface area contributed by atoms with E-state index in [9.17, 15) is 0 Å². The van der Waals surface area contributed by atoms with E-state index in [1.807, 2.05) is 0 Å². The Bertz CT molecular complexity index is 1650. The molecule has 2 heteroatoms. The molecule has 0 amide bonds. The summed E-state index contributed by atoms with van der Waals surface area (Å²) in [5.41, 5.74) is 13.1. The Morgan fingerprint density at radius 2 is 1.71 bits per heavy atom. The second kappa shape index (κ2) is 7.31. The Hall–Kier alpha value is -3.39. The summed E-state index contributed by atoms with van der Waals surface area (Å²) in [6.07, 6.45) is 7.23. The first-order valence-corrected chi connectivity index (χ1v) is 13.1. The first kappa shape index (κ1) is 20.9. The highest BCUT2D eigenvalue weighted by Gasteiger charge is 2.46. The van der Waals surface area contributed by atoms with E-state index in [1.165, 1.54) is 81.1 Å². The molecular weight excluding hydrogens is 426 g/mol. The third-order valence-electron chi connectivity index (χ3n) is 8.78. The SMILES string of the molecule is Cc1ccc2c(oc3ccc4c(c32)C2(CCCC2)c2ccccc2-4)c1-c1cc(C(C)C)cc[n+]1C. The molecule has 2 aliphatic rings. The summed E-state index contributed by atoms with van der Waals surface area (Å²) in [5.74, 6) is 0.481. The molecule has 0 atom stereocenters. The van der Waals surface area contributed by atoms with Gasteiger partial charge in [0.15, 0.2) is 6.20 Å². The lowest BCUT2D eigenvalue weighted by Gasteiger charge is -2.27. The van der Waals surface area contributed by atoms with Crippen LogP contribution in [0.5, 0.6) is 0 Å². The number of furan rings is 1. The van der Waals surface area contributed by atoms with Crippen LogP contribution in [0.3, 0.4) is 0 Å². The molecule has 2 heterocycles. The lowest BCUT2D eigenvalue weighted by molar-refractivity contribution is -0.660. The van der Waals surface area contributed by atoms with Gasteiger partial charge in [0.1, 0.15) is 18.2 Å². The molecule has 0 bridgehead atoms. The highest BCUT2D eigenvalue weighted by Crippen LogP contribution is 2.59. The largest absolute Gasteiger partial charge is 0.455 e. The molecule has 1 spiro atoms. The van der Waals surface area contributed by atoms with Crippen molar-refractivity contribution in [2.24, 2.45) is 7.05 Å². The summed E-state index contributed by atoms with van der Waals surface area (Å²) in [6, 6.07) is 22.8. The van der Waals surface area contributed by atoms with E-state index in [4.69, 9.17) is 4.42 Å². The van der Waals surface area contributed by atoms with Gasteiger partial charge in [-0.1, -0.05) is 69.2 Å². The van der Waals surface area contributed by atoms with E-state index >= 15 is 0 Å². The van der Waals surface area contributed by atoms with Crippen molar-refractivity contribution in [3.05, 3.63) is 89.1 Å². The van der Waals surface area contributed by atoms with Gasteiger partial charge in [0.2, 0.25) is 5.69 Å². The van der Waals surface area contributed by atoms with Gasteiger partial charge in [0, 0.05) is 28.3 Å². The van der Waals surface area contributed by atoms with Gasteiger partial charge in [-0.15, -0.1) is 0 Å². The van der Waals surface area contributed by atoms with Crippen LogP contribution in [0.15, 0.2) is 71.3 Å². The number of hydrogen-bond donors (Lipinski definition) is 0. The zero-order valence-corrected chi connectivity index (χ0v) is 21.1. The Morgan fingerprint density at radius 1 is 0.914 bits per heavy atom. The molecule has 35 heavy (non-hydrogen) atoms. The molecule has 0 radical (unpaired) electrons. The zero-order chi connectivity index (χ0) is 23.9. The van der Waals surface area contributed by atoms with Gasteiger partial charge in [0.25, 0.3) is 0 Å². The molecule has 2 aliphatic carbocycles. The molecule has 7 rings (SSSR count). The summed E-state index contributed by atoms with van der Waals surface area (Å²) >= 11 is 0. The van der Waals surface area contributed by atoms with Crippen LogP contribution in [0.25, 0.3) is 44.3 Å². The molecule has 0 aliphatic heterocycles. The first-order valence-electron chi connectivity index (χ1n) is 13.1. The molecule has 0 saturated heterocycles. The van der Waals surface area contributed by atoms with Gasteiger partial charge in [-0.2, -0.15) is 0 Å². The van der Waals surface area contributed by atoms with Gasteiger partial charge in [0.05, 0.1) is 5.56 Å². The molecule has 0 unspecified atom stereocenters. The molecule has 174 valence electrons. The number of hydrogen-bond acceptors (Lipinski definition) is 1. The topological polar surface area (TPSA) is 17.0 Å². The molecule has 2 nitrogen and oxygen atoms in total. The Kier molecular flexibility index (Phi) is 4.37. The van der Waals surface area contributed by atoms with Crippen LogP contribution in [0, 0.1) is 6.92 Å². The molecule has 0 N–H and O–H groups in total. The van der Waals surface area contributed by atoms with Crippen LogP contribution in [-0.4, -0.2) is 0 Å². The second-order valence-electron chi connectivity index (χ2n) is 11.0. The minimum atomic E-state index is 0.121. The predicted octanol–water partition coefficient (Wildman–Crippen LogP) is 8.35. The number of pyridine rings is 1. The fourth-order valence-electron chi connectivity index (χ4n) is 7.03. The van der Waals surface area contributed by atoms with Gasteiger partial charge >= 0.3 is 0 Å². The van der Waals surface area contributed by atoms with Crippen LogP contribution < -0.4 is 4.57 Å². The van der Waals surface area contributed by atoms with Crippen LogP contribution >= 0.6 is 0 Å². The van der Waals surface area contributed by atoms with E-state index in [0.717, 1.165) is 11.2 Å². The Balaban J connectivity index is 1.59. The maximum absolute atomic E-state index is 6.79. The molecular formula is C33H32NO+. The summed E-state index contributed by atoms with van der Waals surface area (Å²) in [6.45, 7) is 6.73. The lowest BCUT2D eigenvalue weighted by Crippen LogP contribution is -2.31. The molecule has 3 aromatic carbocycles. The number of aryl methyl sites for hydroxylation is 2. The molecule has 1 fully saturated rings. The molecule has 1 saturated carbocycles. The van der Waals surface area contributed by atoms with Crippen molar-refractivity contribution in [2.45, 2.75) is 57.8 Å². The van der Waals surface area contributed by atoms with E-state index in [2.05, 4.69) is 99.2 Å². The number of fused-ring (bicyclic) bond motifs is 9. The summed E-state index contributed by atoms with van der Waals surface area (Å²) in [5, 5.41) is 2.59. The van der Waals surface area contributed by atoms with E-state index in [-0.39, 0.29) is 5.41 Å². The smallest absolute Gasteiger partial charge is 0.216 e. The highest BCUT2D eigenvalue weighted by atomic mass is 16.3. The van der Waals surface area contributed by atoms with Crippen molar-refractivity contribution in [2.75, 3.05) is 0 Å². The van der Waals surface area contributed by atoms with Crippen LogP contribution in [0.4, 0.5) is 0 Å². The third-order valence-corrected chi connectivity index (χ3v) is 8.78. The fourth-order valence-corrected chi connectivity index (χ4v) is 7.03. The number of aromatic nitrogens is 1. The van der Waals surface area contributed by atoms with Crippen molar-refractivity contribution in [1.29, 1.82) is 0 Å². The van der Waals surface area contributed by atoms with Gasteiger partial charge < -0.3 is 4.42 Å². The normalized spacial score (nSPS) is 16.0. The number of benzene rings is 3. The summed E-state index contributed by atoms with van der Waals surface area (Å²) < 4.78 is 9.02. The second-order valence-corrected chi connectivity index (χ2v) is 11.0. The van der Waals surface area contributed by atoms with Crippen LogP contribution in [0.2, 0.25) is 0 Å². The Morgan fingerprint density at radius 3 is 2.51 bits per heavy atom. The van der Waals surface area contributed by atoms with Crippen molar-refractivity contribution in [1.82, 2.24) is 0 Å². The maximum atomic E-state index is 6.79. The van der Waals surface area contributed by atoms with E-state index < -0.39 is 0 Å². The molecule has 2 aromatic heterocycles. The van der Waals surface area contributed by atoms with Crippen LogP contribution in [-0.2, 0) is 12.5 Å². The zero-order valence-electron chi connectivity index (χ0n) is 21.1. The quantitative estimate of drug-likeness (QED) is 0.243. The minimum absolute atomic E-state index is 0.121. The maximum Gasteiger partial charge on any atom is 0.216 e. The van der Waals surface area contributed by atoms with E-state index in [0.29, 0.717) is 5.92 Å². The van der Waals surface area contributed by atoms with Crippen molar-refractivity contribution in [3.63, 3.8) is 0 Å². The monoisotopic (exact) mass is 458 g/mol. The fraction of sp³-hybridized carbons (Fsp3) is 0.303. The lowest BCUT2D eigenvalue weighted by atomic mass is 9.75. The average Bonchev–Trinajstić information content (AvgIpc) is 3.56. The summed E-state index contributed by atoms with van der Waals surface area (Å²) in [4.78, 5) is 0. The van der Waals surface area contributed by atoms with E-state index in [1.54, 1.807) is 0 Å². The number of nitrogens with zero attached hydrogens (tertiary/aromatic N) is 1.